The molecule has 0 atom stereocenters. The van der Waals surface area contributed by atoms with Crippen molar-refractivity contribution < 1.29 is 13.2 Å². The average Bonchev–Trinajstić information content (AvgIpc) is 2.39. The molecule has 0 aromatic carbocycles. The van der Waals surface area contributed by atoms with E-state index >= 15 is 0 Å². The van der Waals surface area contributed by atoms with Gasteiger partial charge in [-0.15, -0.1) is 11.8 Å². The molecule has 0 aliphatic heterocycles. The molecule has 1 aromatic heterocycles. The number of aromatic nitrogens is 1. The van der Waals surface area contributed by atoms with E-state index in [-0.39, 0.29) is 5.69 Å². The Morgan fingerprint density at radius 1 is 1.21 bits per heavy atom. The predicted molar refractivity (Wildman–Crippen MR) is 66.7 cm³/mol. The molecule has 19 heavy (non-hydrogen) atoms. The lowest BCUT2D eigenvalue weighted by Gasteiger charge is -2.21. The molecule has 0 radical (unpaired) electrons. The maximum Gasteiger partial charge on any atom is 0.433 e. The first-order valence-electron chi connectivity index (χ1n) is 6.15. The van der Waals surface area contributed by atoms with Crippen molar-refractivity contribution in [3.8, 4) is 6.07 Å². The fraction of sp³-hybridized carbons (Fsp3) is 0.538. The van der Waals surface area contributed by atoms with E-state index in [1.54, 1.807) is 6.07 Å². The molecule has 6 heteroatoms. The Morgan fingerprint density at radius 3 is 2.47 bits per heavy atom. The second-order valence-electron chi connectivity index (χ2n) is 4.53. The Kier molecular flexibility index (Phi) is 4.35. The molecule has 0 unspecified atom stereocenters. The van der Waals surface area contributed by atoms with E-state index < -0.39 is 11.9 Å². The number of alkyl halides is 3. The fourth-order valence-corrected chi connectivity index (χ4v) is 3.42. The van der Waals surface area contributed by atoms with E-state index in [2.05, 4.69) is 4.98 Å². The van der Waals surface area contributed by atoms with E-state index in [9.17, 15) is 13.2 Å². The van der Waals surface area contributed by atoms with E-state index in [4.69, 9.17) is 5.26 Å². The van der Waals surface area contributed by atoms with Crippen molar-refractivity contribution in [1.82, 2.24) is 4.98 Å². The molecule has 102 valence electrons. The minimum absolute atomic E-state index is 0.120. The van der Waals surface area contributed by atoms with Crippen LogP contribution in [0.2, 0.25) is 0 Å². The first kappa shape index (κ1) is 14.2. The van der Waals surface area contributed by atoms with Crippen LogP contribution >= 0.6 is 11.8 Å². The van der Waals surface area contributed by atoms with Gasteiger partial charge in [-0.1, -0.05) is 19.3 Å². The van der Waals surface area contributed by atoms with Crippen LogP contribution in [-0.4, -0.2) is 10.2 Å². The lowest BCUT2D eigenvalue weighted by atomic mass is 10.0. The highest BCUT2D eigenvalue weighted by Gasteiger charge is 2.33. The molecular weight excluding hydrogens is 273 g/mol. The van der Waals surface area contributed by atoms with Crippen molar-refractivity contribution in [2.24, 2.45) is 0 Å². The van der Waals surface area contributed by atoms with Crippen molar-refractivity contribution in [2.45, 2.75) is 48.4 Å². The molecule has 1 fully saturated rings. The number of halogens is 3. The molecule has 1 aromatic rings. The summed E-state index contributed by atoms with van der Waals surface area (Å²) in [4.78, 5) is 3.98. The highest BCUT2D eigenvalue weighted by atomic mass is 32.2. The van der Waals surface area contributed by atoms with Gasteiger partial charge in [-0.25, -0.2) is 4.98 Å². The summed E-state index contributed by atoms with van der Waals surface area (Å²) in [5.41, 5.74) is -1.12. The normalized spacial score (nSPS) is 17.2. The molecular formula is C13H13F3N2S. The van der Waals surface area contributed by atoms with Crippen LogP contribution < -0.4 is 0 Å². The van der Waals surface area contributed by atoms with Crippen LogP contribution in [0.4, 0.5) is 13.2 Å². The second-order valence-corrected chi connectivity index (χ2v) is 5.87. The number of pyridine rings is 1. The topological polar surface area (TPSA) is 36.7 Å². The summed E-state index contributed by atoms with van der Waals surface area (Å²) in [6, 6.07) is 4.08. The van der Waals surface area contributed by atoms with Crippen LogP contribution in [0.15, 0.2) is 17.0 Å². The van der Waals surface area contributed by atoms with Crippen molar-refractivity contribution in [3.63, 3.8) is 0 Å². The molecule has 1 aliphatic carbocycles. The van der Waals surface area contributed by atoms with Crippen LogP contribution in [0.1, 0.15) is 43.5 Å². The van der Waals surface area contributed by atoms with Crippen LogP contribution in [-0.2, 0) is 6.18 Å². The first-order chi connectivity index (χ1) is 9.00. The zero-order chi connectivity index (χ0) is 13.9. The van der Waals surface area contributed by atoms with Crippen LogP contribution in [0.25, 0.3) is 0 Å². The summed E-state index contributed by atoms with van der Waals surface area (Å²) in [6.45, 7) is 0. The SMILES string of the molecule is N#Cc1nc(C(F)(F)F)ccc1SC1CCCCC1. The third-order valence-electron chi connectivity index (χ3n) is 3.10. The predicted octanol–water partition coefficient (Wildman–Crippen LogP) is 4.40. The van der Waals surface area contributed by atoms with E-state index in [0.717, 1.165) is 31.7 Å². The van der Waals surface area contributed by atoms with E-state index in [0.29, 0.717) is 10.1 Å². The minimum atomic E-state index is -4.50. The van der Waals surface area contributed by atoms with Gasteiger partial charge in [-0.3, -0.25) is 0 Å². The number of nitriles is 1. The zero-order valence-electron chi connectivity index (χ0n) is 10.2. The Hall–Kier alpha value is -1.22. The molecule has 0 amide bonds. The summed E-state index contributed by atoms with van der Waals surface area (Å²) in [7, 11) is 0. The summed E-state index contributed by atoms with van der Waals surface area (Å²) >= 11 is 1.48. The van der Waals surface area contributed by atoms with Gasteiger partial charge in [-0.05, 0) is 25.0 Å². The molecule has 0 N–H and O–H groups in total. The first-order valence-corrected chi connectivity index (χ1v) is 7.03. The third-order valence-corrected chi connectivity index (χ3v) is 4.49. The van der Waals surface area contributed by atoms with Gasteiger partial charge >= 0.3 is 6.18 Å². The van der Waals surface area contributed by atoms with Crippen LogP contribution in [0, 0.1) is 11.3 Å². The standard InChI is InChI=1S/C13H13F3N2S/c14-13(15,16)12-7-6-11(10(8-17)18-12)19-9-4-2-1-3-5-9/h6-7,9H,1-5H2. The van der Waals surface area contributed by atoms with Gasteiger partial charge in [0, 0.05) is 10.1 Å². The minimum Gasteiger partial charge on any atom is -0.231 e. The molecule has 0 spiro atoms. The quantitative estimate of drug-likeness (QED) is 0.808. The monoisotopic (exact) mass is 286 g/mol. The van der Waals surface area contributed by atoms with Crippen molar-refractivity contribution in [1.29, 1.82) is 5.26 Å². The zero-order valence-corrected chi connectivity index (χ0v) is 11.0. The van der Waals surface area contributed by atoms with Gasteiger partial charge in [0.25, 0.3) is 0 Å². The van der Waals surface area contributed by atoms with Gasteiger partial charge in [-0.2, -0.15) is 18.4 Å². The number of hydrogen-bond acceptors (Lipinski definition) is 3. The molecule has 1 heterocycles. The second kappa shape index (κ2) is 5.83. The molecule has 0 bridgehead atoms. The lowest BCUT2D eigenvalue weighted by molar-refractivity contribution is -0.141. The highest BCUT2D eigenvalue weighted by Crippen LogP contribution is 2.36. The largest absolute Gasteiger partial charge is 0.433 e. The molecule has 1 aliphatic rings. The number of hydrogen-bond donors (Lipinski definition) is 0. The van der Waals surface area contributed by atoms with Crippen molar-refractivity contribution in [2.75, 3.05) is 0 Å². The summed E-state index contributed by atoms with van der Waals surface area (Å²) in [6.07, 6.45) is 1.11. The summed E-state index contributed by atoms with van der Waals surface area (Å²) in [5, 5.41) is 9.33. The Labute approximate surface area is 114 Å². The van der Waals surface area contributed by atoms with Gasteiger partial charge in [0.15, 0.2) is 5.69 Å². The molecule has 2 nitrogen and oxygen atoms in total. The van der Waals surface area contributed by atoms with Gasteiger partial charge in [0.1, 0.15) is 11.8 Å². The van der Waals surface area contributed by atoms with E-state index in [1.807, 2.05) is 0 Å². The number of rotatable bonds is 2. The van der Waals surface area contributed by atoms with Crippen molar-refractivity contribution >= 4 is 11.8 Å². The fourth-order valence-electron chi connectivity index (χ4n) is 2.14. The van der Waals surface area contributed by atoms with Crippen LogP contribution in [0.3, 0.4) is 0 Å². The summed E-state index contributed by atoms with van der Waals surface area (Å²) < 4.78 is 37.5. The van der Waals surface area contributed by atoms with E-state index in [1.165, 1.54) is 24.2 Å². The Bertz CT molecular complexity index is 488. The summed E-state index contributed by atoms with van der Waals surface area (Å²) in [5.74, 6) is 0. The number of thioether (sulfide) groups is 1. The van der Waals surface area contributed by atoms with Gasteiger partial charge in [0.2, 0.25) is 0 Å². The molecule has 0 saturated heterocycles. The Morgan fingerprint density at radius 2 is 1.89 bits per heavy atom. The lowest BCUT2D eigenvalue weighted by Crippen LogP contribution is -2.11. The Balaban J connectivity index is 2.19. The van der Waals surface area contributed by atoms with Gasteiger partial charge in [0.05, 0.1) is 0 Å². The molecule has 1 saturated carbocycles. The third kappa shape index (κ3) is 3.63. The average molecular weight is 286 g/mol. The van der Waals surface area contributed by atoms with Crippen LogP contribution in [0.5, 0.6) is 0 Å². The maximum atomic E-state index is 12.5. The van der Waals surface area contributed by atoms with Crippen molar-refractivity contribution in [3.05, 3.63) is 23.5 Å². The number of nitrogens with zero attached hydrogens (tertiary/aromatic N) is 2. The van der Waals surface area contributed by atoms with Gasteiger partial charge < -0.3 is 0 Å². The maximum absolute atomic E-state index is 12.5. The molecule has 2 rings (SSSR count). The highest BCUT2D eigenvalue weighted by molar-refractivity contribution is 8.00. The smallest absolute Gasteiger partial charge is 0.231 e.